The van der Waals surface area contributed by atoms with Crippen molar-refractivity contribution in [2.24, 2.45) is 5.41 Å². The van der Waals surface area contributed by atoms with Gasteiger partial charge in [-0.3, -0.25) is 4.79 Å². The zero-order valence-electron chi connectivity index (χ0n) is 9.25. The lowest BCUT2D eigenvalue weighted by Gasteiger charge is -2.41. The second kappa shape index (κ2) is 3.72. The van der Waals surface area contributed by atoms with Gasteiger partial charge in [0.25, 0.3) is 0 Å². The third kappa shape index (κ3) is 1.86. The molecule has 84 valence electrons. The lowest BCUT2D eigenvalue weighted by molar-refractivity contribution is -0.200. The lowest BCUT2D eigenvalue weighted by Crippen LogP contribution is -2.46. The van der Waals surface area contributed by atoms with Crippen molar-refractivity contribution < 1.29 is 14.3 Å². The van der Waals surface area contributed by atoms with Gasteiger partial charge in [-0.25, -0.2) is 0 Å². The summed E-state index contributed by atoms with van der Waals surface area (Å²) in [5.74, 6) is -0.168. The van der Waals surface area contributed by atoms with Crippen molar-refractivity contribution in [1.29, 1.82) is 0 Å². The second-order valence-corrected chi connectivity index (χ2v) is 4.76. The Hall–Kier alpha value is -0.670. The first-order chi connectivity index (χ1) is 7.10. The van der Waals surface area contributed by atoms with Crippen molar-refractivity contribution in [1.82, 2.24) is 0 Å². The van der Waals surface area contributed by atoms with Crippen molar-refractivity contribution in [3.63, 3.8) is 0 Å². The van der Waals surface area contributed by atoms with Gasteiger partial charge in [0, 0.05) is 24.7 Å². The van der Waals surface area contributed by atoms with Crippen LogP contribution in [-0.4, -0.2) is 24.8 Å². The smallest absolute Gasteiger partial charge is 0.169 e. The van der Waals surface area contributed by atoms with E-state index in [1.165, 1.54) is 0 Å². The first-order valence-electron chi connectivity index (χ1n) is 5.52. The monoisotopic (exact) mass is 210 g/mol. The van der Waals surface area contributed by atoms with Crippen LogP contribution in [0.2, 0.25) is 0 Å². The Balaban J connectivity index is 2.16. The minimum absolute atomic E-state index is 0.312. The van der Waals surface area contributed by atoms with Gasteiger partial charge in [-0.2, -0.15) is 0 Å². The van der Waals surface area contributed by atoms with Crippen LogP contribution < -0.4 is 0 Å². The molecule has 0 amide bonds. The average molecular weight is 210 g/mol. The van der Waals surface area contributed by atoms with E-state index >= 15 is 0 Å². The predicted octanol–water partition coefficient (Wildman–Crippen LogP) is 2.06. The number of ketones is 1. The summed E-state index contributed by atoms with van der Waals surface area (Å²) in [4.78, 5) is 11.9. The van der Waals surface area contributed by atoms with Crippen LogP contribution in [-0.2, 0) is 14.3 Å². The number of ether oxygens (including phenoxy) is 2. The molecule has 3 heteroatoms. The number of carbonyl (C=O) groups is 1. The summed E-state index contributed by atoms with van der Waals surface area (Å²) < 4.78 is 11.3. The van der Waals surface area contributed by atoms with Crippen LogP contribution in [0.25, 0.3) is 0 Å². The molecular formula is C12H18O3. The molecule has 1 aliphatic heterocycles. The zero-order valence-corrected chi connectivity index (χ0v) is 9.25. The second-order valence-electron chi connectivity index (χ2n) is 4.76. The van der Waals surface area contributed by atoms with Crippen molar-refractivity contribution in [2.75, 3.05) is 13.2 Å². The van der Waals surface area contributed by atoms with Gasteiger partial charge < -0.3 is 9.47 Å². The molecule has 0 radical (unpaired) electrons. The fraction of sp³-hybridized carbons (Fsp3) is 0.750. The minimum atomic E-state index is -0.480. The maximum atomic E-state index is 11.9. The molecule has 1 saturated carbocycles. The Labute approximate surface area is 90.4 Å². The van der Waals surface area contributed by atoms with Gasteiger partial charge >= 0.3 is 0 Å². The van der Waals surface area contributed by atoms with Crippen molar-refractivity contribution in [3.05, 3.63) is 12.7 Å². The summed E-state index contributed by atoms with van der Waals surface area (Å²) in [6.07, 6.45) is 4.46. The van der Waals surface area contributed by atoms with Gasteiger partial charge in [0.05, 0.1) is 13.2 Å². The SMILES string of the molecule is C=CC[C@]1(C)CC2(CCC1=O)OCCO2. The molecule has 2 rings (SSSR count). The van der Waals surface area contributed by atoms with E-state index < -0.39 is 5.79 Å². The van der Waals surface area contributed by atoms with Gasteiger partial charge in [-0.05, 0) is 6.42 Å². The maximum Gasteiger partial charge on any atom is 0.169 e. The highest BCUT2D eigenvalue weighted by Crippen LogP contribution is 2.45. The van der Waals surface area contributed by atoms with Crippen molar-refractivity contribution in [2.45, 2.75) is 38.4 Å². The standard InChI is InChI=1S/C12H18O3/c1-3-5-11(2)9-12(6-4-10(11)13)14-7-8-15-12/h3H,1,4-9H2,2H3/t11-/m1/s1. The molecular weight excluding hydrogens is 192 g/mol. The van der Waals surface area contributed by atoms with E-state index in [0.29, 0.717) is 44.7 Å². The van der Waals surface area contributed by atoms with Crippen LogP contribution in [0.5, 0.6) is 0 Å². The molecule has 1 aliphatic carbocycles. The van der Waals surface area contributed by atoms with E-state index in [2.05, 4.69) is 6.58 Å². The third-order valence-electron chi connectivity index (χ3n) is 3.47. The van der Waals surface area contributed by atoms with Gasteiger partial charge in [-0.15, -0.1) is 6.58 Å². The number of hydrogen-bond acceptors (Lipinski definition) is 3. The first kappa shape index (κ1) is 10.8. The summed E-state index contributed by atoms with van der Waals surface area (Å²) in [7, 11) is 0. The Morgan fingerprint density at radius 2 is 2.13 bits per heavy atom. The molecule has 2 fully saturated rings. The molecule has 0 aromatic rings. The summed E-state index contributed by atoms with van der Waals surface area (Å²) >= 11 is 0. The number of rotatable bonds is 2. The van der Waals surface area contributed by atoms with Crippen LogP contribution in [0.15, 0.2) is 12.7 Å². The quantitative estimate of drug-likeness (QED) is 0.654. The topological polar surface area (TPSA) is 35.5 Å². The Kier molecular flexibility index (Phi) is 2.69. The molecule has 3 nitrogen and oxygen atoms in total. The number of carbonyl (C=O) groups excluding carboxylic acids is 1. The predicted molar refractivity (Wildman–Crippen MR) is 56.4 cm³/mol. The van der Waals surface area contributed by atoms with Crippen LogP contribution in [0.4, 0.5) is 0 Å². The van der Waals surface area contributed by atoms with Gasteiger partial charge in [-0.1, -0.05) is 13.0 Å². The highest BCUT2D eigenvalue weighted by atomic mass is 16.7. The molecule has 0 unspecified atom stereocenters. The Morgan fingerprint density at radius 1 is 1.47 bits per heavy atom. The van der Waals surface area contributed by atoms with Gasteiger partial charge in [0.15, 0.2) is 5.79 Å². The number of allylic oxidation sites excluding steroid dienone is 1. The van der Waals surface area contributed by atoms with Gasteiger partial charge in [0.2, 0.25) is 0 Å². The van der Waals surface area contributed by atoms with E-state index in [0.717, 1.165) is 0 Å². The van der Waals surface area contributed by atoms with E-state index in [-0.39, 0.29) is 5.41 Å². The Morgan fingerprint density at radius 3 is 2.73 bits per heavy atom. The molecule has 0 aromatic carbocycles. The molecule has 1 saturated heterocycles. The summed E-state index contributed by atoms with van der Waals surface area (Å²) in [5.41, 5.74) is -0.343. The molecule has 0 N–H and O–H groups in total. The van der Waals surface area contributed by atoms with Crippen LogP contribution >= 0.6 is 0 Å². The lowest BCUT2D eigenvalue weighted by atomic mass is 9.70. The summed E-state index contributed by atoms with van der Waals surface area (Å²) in [6.45, 7) is 7.01. The fourth-order valence-electron chi connectivity index (χ4n) is 2.64. The van der Waals surface area contributed by atoms with E-state index in [9.17, 15) is 4.79 Å². The third-order valence-corrected chi connectivity index (χ3v) is 3.47. The normalized spacial score (nSPS) is 34.6. The molecule has 1 spiro atoms. The van der Waals surface area contributed by atoms with Crippen molar-refractivity contribution >= 4 is 5.78 Å². The molecule has 15 heavy (non-hydrogen) atoms. The van der Waals surface area contributed by atoms with Crippen LogP contribution in [0.3, 0.4) is 0 Å². The maximum absolute atomic E-state index is 11.9. The molecule has 0 bridgehead atoms. The minimum Gasteiger partial charge on any atom is -0.347 e. The van der Waals surface area contributed by atoms with Crippen molar-refractivity contribution in [3.8, 4) is 0 Å². The van der Waals surface area contributed by atoms with Gasteiger partial charge in [0.1, 0.15) is 5.78 Å². The van der Waals surface area contributed by atoms with E-state index in [1.807, 2.05) is 13.0 Å². The Bertz CT molecular complexity index is 279. The first-order valence-corrected chi connectivity index (χ1v) is 5.52. The average Bonchev–Trinajstić information content (AvgIpc) is 2.62. The number of hydrogen-bond donors (Lipinski definition) is 0. The van der Waals surface area contributed by atoms with Crippen LogP contribution in [0, 0.1) is 5.41 Å². The summed E-state index contributed by atoms with van der Waals surface area (Å²) in [5, 5.41) is 0. The molecule has 1 atom stereocenters. The zero-order chi connectivity index (χ0) is 10.9. The van der Waals surface area contributed by atoms with Crippen LogP contribution in [0.1, 0.15) is 32.6 Å². The summed E-state index contributed by atoms with van der Waals surface area (Å²) in [6, 6.07) is 0. The molecule has 1 heterocycles. The van der Waals surface area contributed by atoms with E-state index in [1.54, 1.807) is 0 Å². The molecule has 2 aliphatic rings. The highest BCUT2D eigenvalue weighted by molar-refractivity contribution is 5.85. The number of Topliss-reactive ketones (excluding diaryl/α,β-unsaturated/α-hetero) is 1. The van der Waals surface area contributed by atoms with E-state index in [4.69, 9.17) is 9.47 Å². The highest BCUT2D eigenvalue weighted by Gasteiger charge is 2.49. The fourth-order valence-corrected chi connectivity index (χ4v) is 2.64. The largest absolute Gasteiger partial charge is 0.347 e. The molecule has 0 aromatic heterocycles.